The van der Waals surface area contributed by atoms with E-state index in [1.54, 1.807) is 0 Å². The maximum Gasteiger partial charge on any atom is 0.251 e. The molecule has 0 aromatic heterocycles. The third-order valence-electron chi connectivity index (χ3n) is 6.41. The summed E-state index contributed by atoms with van der Waals surface area (Å²) in [5.41, 5.74) is 4.13. The molecule has 0 aliphatic carbocycles. The van der Waals surface area contributed by atoms with Gasteiger partial charge in [0, 0.05) is 19.0 Å². The summed E-state index contributed by atoms with van der Waals surface area (Å²) in [7, 11) is 0. The zero-order valence-electron chi connectivity index (χ0n) is 17.4. The molecule has 3 heterocycles. The van der Waals surface area contributed by atoms with E-state index >= 15 is 0 Å². The Labute approximate surface area is 176 Å². The van der Waals surface area contributed by atoms with Crippen LogP contribution in [0.4, 0.5) is 5.69 Å². The lowest BCUT2D eigenvalue weighted by molar-refractivity contribution is -0.123. The van der Waals surface area contributed by atoms with Crippen LogP contribution in [-0.4, -0.2) is 42.5 Å². The van der Waals surface area contributed by atoms with Crippen LogP contribution >= 0.6 is 0 Å². The summed E-state index contributed by atoms with van der Waals surface area (Å²) < 4.78 is 11.7. The fourth-order valence-electron chi connectivity index (χ4n) is 4.76. The third-order valence-corrected chi connectivity index (χ3v) is 6.41. The lowest BCUT2D eigenvalue weighted by atomic mass is 9.91. The summed E-state index contributed by atoms with van der Waals surface area (Å²) in [5.74, 6) is 1.32. The van der Waals surface area contributed by atoms with Crippen molar-refractivity contribution in [2.45, 2.75) is 45.2 Å². The van der Waals surface area contributed by atoms with Gasteiger partial charge in [-0.2, -0.15) is 0 Å². The summed E-state index contributed by atoms with van der Waals surface area (Å²) in [6.07, 6.45) is 1.91. The second kappa shape index (κ2) is 7.43. The number of hydrogen-bond acceptors (Lipinski definition) is 5. The number of benzene rings is 2. The molecule has 6 nitrogen and oxygen atoms in total. The molecule has 6 heteroatoms. The van der Waals surface area contributed by atoms with Gasteiger partial charge in [0.05, 0.1) is 31.4 Å². The van der Waals surface area contributed by atoms with Crippen LogP contribution in [0.5, 0.6) is 11.5 Å². The van der Waals surface area contributed by atoms with Crippen LogP contribution in [0.3, 0.4) is 0 Å². The molecule has 2 amide bonds. The average Bonchev–Trinajstić information content (AvgIpc) is 2.90. The van der Waals surface area contributed by atoms with E-state index in [1.165, 1.54) is 10.5 Å². The van der Waals surface area contributed by atoms with Crippen molar-refractivity contribution >= 4 is 17.5 Å². The first kappa shape index (κ1) is 19.1. The first-order valence-electron chi connectivity index (χ1n) is 10.6. The van der Waals surface area contributed by atoms with Gasteiger partial charge in [0.2, 0.25) is 5.91 Å². The molecular weight excluding hydrogens is 380 g/mol. The number of amides is 2. The van der Waals surface area contributed by atoms with Gasteiger partial charge in [0.15, 0.2) is 11.5 Å². The molecule has 3 aliphatic rings. The monoisotopic (exact) mass is 406 g/mol. The first-order valence-corrected chi connectivity index (χ1v) is 10.6. The molecule has 0 radical (unpaired) electrons. The largest absolute Gasteiger partial charge is 0.490 e. The van der Waals surface area contributed by atoms with E-state index in [0.717, 1.165) is 42.0 Å². The third kappa shape index (κ3) is 3.16. The number of ether oxygens (including phenoxy) is 2. The number of carbonyl (C=O) groups is 2. The van der Waals surface area contributed by atoms with Crippen LogP contribution < -0.4 is 14.4 Å². The predicted molar refractivity (Wildman–Crippen MR) is 113 cm³/mol. The van der Waals surface area contributed by atoms with E-state index in [2.05, 4.69) is 24.0 Å². The standard InChI is InChI=1S/C24H26N2O4/c1-15-4-6-18(7-5-15)26-23(27)14-20(24(26)28)25-9-8-17-12-21-22(13-19(17)16(25)2)30-11-3-10-29-21/h4-7,12-13,16,20H,3,8-11,14H2,1-2H3/t16-,20-/m0/s1. The van der Waals surface area contributed by atoms with E-state index in [9.17, 15) is 9.59 Å². The summed E-state index contributed by atoms with van der Waals surface area (Å²) in [4.78, 5) is 29.5. The quantitative estimate of drug-likeness (QED) is 0.716. The second-order valence-corrected chi connectivity index (χ2v) is 8.33. The van der Waals surface area contributed by atoms with Gasteiger partial charge in [0.1, 0.15) is 0 Å². The molecule has 0 spiro atoms. The molecule has 5 rings (SSSR count). The highest BCUT2D eigenvalue weighted by Crippen LogP contribution is 2.41. The van der Waals surface area contributed by atoms with Gasteiger partial charge in [-0.25, -0.2) is 4.90 Å². The number of fused-ring (bicyclic) bond motifs is 2. The van der Waals surface area contributed by atoms with Crippen molar-refractivity contribution in [3.8, 4) is 11.5 Å². The Hall–Kier alpha value is -2.86. The highest BCUT2D eigenvalue weighted by Gasteiger charge is 2.45. The highest BCUT2D eigenvalue weighted by atomic mass is 16.5. The SMILES string of the molecule is Cc1ccc(N2C(=O)C[C@H](N3CCc4cc5c(cc4[C@@H]3C)OCCCO5)C2=O)cc1. The molecule has 0 N–H and O–H groups in total. The van der Waals surface area contributed by atoms with Crippen LogP contribution in [0.1, 0.15) is 42.5 Å². The first-order chi connectivity index (χ1) is 14.5. The van der Waals surface area contributed by atoms with Gasteiger partial charge < -0.3 is 9.47 Å². The topological polar surface area (TPSA) is 59.1 Å². The lowest BCUT2D eigenvalue weighted by Crippen LogP contribution is -2.46. The summed E-state index contributed by atoms with van der Waals surface area (Å²) in [6.45, 7) is 6.14. The Balaban J connectivity index is 1.42. The molecule has 1 fully saturated rings. The number of imide groups is 1. The molecule has 156 valence electrons. The molecule has 3 aliphatic heterocycles. The Bertz CT molecular complexity index is 1000. The maximum atomic E-state index is 13.3. The van der Waals surface area contributed by atoms with Gasteiger partial charge >= 0.3 is 0 Å². The van der Waals surface area contributed by atoms with Crippen LogP contribution in [0.2, 0.25) is 0 Å². The minimum Gasteiger partial charge on any atom is -0.490 e. The van der Waals surface area contributed by atoms with Crippen molar-refractivity contribution in [2.24, 2.45) is 0 Å². The fraction of sp³-hybridized carbons (Fsp3) is 0.417. The average molecular weight is 406 g/mol. The second-order valence-electron chi connectivity index (χ2n) is 8.33. The summed E-state index contributed by atoms with van der Waals surface area (Å²) >= 11 is 0. The van der Waals surface area contributed by atoms with Crippen LogP contribution in [0.25, 0.3) is 0 Å². The Morgan fingerprint density at radius 1 is 1.00 bits per heavy atom. The molecule has 1 saturated heterocycles. The number of anilines is 1. The normalized spacial score (nSPS) is 24.0. The smallest absolute Gasteiger partial charge is 0.251 e. The molecule has 30 heavy (non-hydrogen) atoms. The fourth-order valence-corrected chi connectivity index (χ4v) is 4.76. The zero-order valence-corrected chi connectivity index (χ0v) is 17.4. The van der Waals surface area contributed by atoms with Gasteiger partial charge in [-0.15, -0.1) is 0 Å². The van der Waals surface area contributed by atoms with Crippen LogP contribution in [0.15, 0.2) is 36.4 Å². The van der Waals surface area contributed by atoms with Gasteiger partial charge in [-0.05, 0) is 55.7 Å². The molecular formula is C24H26N2O4. The number of aryl methyl sites for hydroxylation is 1. The predicted octanol–water partition coefficient (Wildman–Crippen LogP) is 3.41. The molecule has 2 aromatic rings. The van der Waals surface area contributed by atoms with Crippen molar-refractivity contribution in [3.05, 3.63) is 53.1 Å². The minimum absolute atomic E-state index is 0.0191. The van der Waals surface area contributed by atoms with E-state index in [1.807, 2.05) is 31.2 Å². The minimum atomic E-state index is -0.432. The Kier molecular flexibility index (Phi) is 4.74. The van der Waals surface area contributed by atoms with Crippen LogP contribution in [-0.2, 0) is 16.0 Å². The van der Waals surface area contributed by atoms with E-state index in [4.69, 9.17) is 9.47 Å². The van der Waals surface area contributed by atoms with Crippen molar-refractivity contribution < 1.29 is 19.1 Å². The lowest BCUT2D eigenvalue weighted by Gasteiger charge is -2.38. The number of rotatable bonds is 2. The highest BCUT2D eigenvalue weighted by molar-refractivity contribution is 6.22. The van der Waals surface area contributed by atoms with Gasteiger partial charge in [-0.1, -0.05) is 17.7 Å². The summed E-state index contributed by atoms with van der Waals surface area (Å²) in [6, 6.07) is 11.3. The van der Waals surface area contributed by atoms with Gasteiger partial charge in [0.25, 0.3) is 5.91 Å². The number of carbonyl (C=O) groups excluding carboxylic acids is 2. The van der Waals surface area contributed by atoms with E-state index in [-0.39, 0.29) is 24.3 Å². The van der Waals surface area contributed by atoms with E-state index in [0.29, 0.717) is 18.9 Å². The number of hydrogen-bond donors (Lipinski definition) is 0. The Morgan fingerprint density at radius 2 is 1.70 bits per heavy atom. The zero-order chi connectivity index (χ0) is 20.8. The maximum absolute atomic E-state index is 13.3. The van der Waals surface area contributed by atoms with Crippen molar-refractivity contribution in [2.75, 3.05) is 24.7 Å². The molecule has 0 bridgehead atoms. The molecule has 0 unspecified atom stereocenters. The van der Waals surface area contributed by atoms with E-state index < -0.39 is 6.04 Å². The molecule has 2 atom stereocenters. The van der Waals surface area contributed by atoms with Gasteiger partial charge in [-0.3, -0.25) is 14.5 Å². The molecule has 2 aromatic carbocycles. The molecule has 0 saturated carbocycles. The number of nitrogens with zero attached hydrogens (tertiary/aromatic N) is 2. The van der Waals surface area contributed by atoms with Crippen molar-refractivity contribution in [1.82, 2.24) is 4.90 Å². The van der Waals surface area contributed by atoms with Crippen LogP contribution in [0, 0.1) is 6.92 Å². The Morgan fingerprint density at radius 3 is 2.43 bits per heavy atom. The summed E-state index contributed by atoms with van der Waals surface area (Å²) in [5, 5.41) is 0. The van der Waals surface area contributed by atoms with Crippen molar-refractivity contribution in [3.63, 3.8) is 0 Å². The van der Waals surface area contributed by atoms with Crippen molar-refractivity contribution in [1.29, 1.82) is 0 Å².